The Morgan fingerprint density at radius 1 is 1.11 bits per heavy atom. The summed E-state index contributed by atoms with van der Waals surface area (Å²) in [5.74, 6) is 0.720. The molecule has 0 bridgehead atoms. The number of rotatable bonds is 10. The van der Waals surface area contributed by atoms with Gasteiger partial charge in [-0.15, -0.1) is 11.3 Å². The Labute approximate surface area is 231 Å². The van der Waals surface area contributed by atoms with E-state index in [1.54, 1.807) is 35.6 Å². The number of nitrogens with zero attached hydrogens (tertiary/aromatic N) is 2. The number of benzene rings is 2. The van der Waals surface area contributed by atoms with E-state index in [9.17, 15) is 13.2 Å². The molecule has 0 saturated carbocycles. The van der Waals surface area contributed by atoms with Crippen LogP contribution in [0.15, 0.2) is 58.8 Å². The molecule has 4 rings (SSSR count). The molecule has 0 unspecified atom stereocenters. The average Bonchev–Trinajstić information content (AvgIpc) is 3.37. The number of thiophene rings is 1. The Bertz CT molecular complexity index is 1370. The number of hydrogen-bond donors (Lipinski definition) is 0. The Balaban J connectivity index is 1.59. The Morgan fingerprint density at radius 2 is 1.82 bits per heavy atom. The van der Waals surface area contributed by atoms with Crippen molar-refractivity contribution in [1.29, 1.82) is 0 Å². The third-order valence-electron chi connectivity index (χ3n) is 7.32. The van der Waals surface area contributed by atoms with E-state index < -0.39 is 10.0 Å². The number of carbonyl (C=O) groups is 1. The summed E-state index contributed by atoms with van der Waals surface area (Å²) in [7, 11) is -3.83. The van der Waals surface area contributed by atoms with Crippen molar-refractivity contribution in [2.75, 3.05) is 26.2 Å². The van der Waals surface area contributed by atoms with Gasteiger partial charge in [0.15, 0.2) is 0 Å². The van der Waals surface area contributed by atoms with Crippen molar-refractivity contribution in [3.05, 3.63) is 81.0 Å². The van der Waals surface area contributed by atoms with Gasteiger partial charge >= 0.3 is 0 Å². The van der Waals surface area contributed by atoms with Crippen LogP contribution in [0.5, 0.6) is 5.75 Å². The lowest BCUT2D eigenvalue weighted by atomic mass is 10.0. The molecule has 2 heterocycles. The summed E-state index contributed by atoms with van der Waals surface area (Å²) in [5.41, 5.74) is 4.29. The van der Waals surface area contributed by atoms with Crippen LogP contribution in [-0.4, -0.2) is 49.8 Å². The van der Waals surface area contributed by atoms with E-state index in [1.807, 2.05) is 51.7 Å². The van der Waals surface area contributed by atoms with Crippen LogP contribution in [0.25, 0.3) is 0 Å². The summed E-state index contributed by atoms with van der Waals surface area (Å²) in [4.78, 5) is 17.1. The fraction of sp³-hybridized carbons (Fsp3) is 0.433. The average molecular weight is 555 g/mol. The Kier molecular flexibility index (Phi) is 8.96. The molecule has 6 nitrogen and oxygen atoms in total. The summed E-state index contributed by atoms with van der Waals surface area (Å²) in [6.45, 7) is 11.0. The van der Waals surface area contributed by atoms with Crippen LogP contribution in [0.2, 0.25) is 0 Å². The quantitative estimate of drug-likeness (QED) is 0.312. The molecule has 0 radical (unpaired) electrons. The van der Waals surface area contributed by atoms with Gasteiger partial charge in [0, 0.05) is 18.0 Å². The first-order valence-electron chi connectivity index (χ1n) is 13.2. The van der Waals surface area contributed by atoms with Crippen molar-refractivity contribution in [1.82, 2.24) is 9.21 Å². The van der Waals surface area contributed by atoms with Gasteiger partial charge in [0.2, 0.25) is 15.9 Å². The van der Waals surface area contributed by atoms with Crippen LogP contribution in [0.1, 0.15) is 53.4 Å². The van der Waals surface area contributed by atoms with Crippen LogP contribution >= 0.6 is 11.3 Å². The first-order valence-corrected chi connectivity index (χ1v) is 15.5. The summed E-state index contributed by atoms with van der Waals surface area (Å²) >= 11 is 1.70. The molecular weight excluding hydrogens is 516 g/mol. The van der Waals surface area contributed by atoms with Gasteiger partial charge in [-0.25, -0.2) is 8.42 Å². The summed E-state index contributed by atoms with van der Waals surface area (Å²) in [6.07, 6.45) is 1.58. The zero-order chi connectivity index (χ0) is 27.4. The molecule has 2 aromatic carbocycles. The monoisotopic (exact) mass is 554 g/mol. The second-order valence-electron chi connectivity index (χ2n) is 10.4. The molecule has 3 aromatic rings. The number of amides is 1. The number of aryl methyl sites for hydroxylation is 3. The van der Waals surface area contributed by atoms with E-state index in [-0.39, 0.29) is 29.3 Å². The molecule has 1 aliphatic rings. The molecule has 8 heteroatoms. The van der Waals surface area contributed by atoms with Crippen molar-refractivity contribution in [2.24, 2.45) is 5.92 Å². The first kappa shape index (κ1) is 28.3. The van der Waals surface area contributed by atoms with E-state index in [4.69, 9.17) is 4.74 Å². The van der Waals surface area contributed by atoms with Crippen LogP contribution in [0.3, 0.4) is 0 Å². The van der Waals surface area contributed by atoms with Crippen molar-refractivity contribution >= 4 is 27.3 Å². The SMILES string of the molecule is CC[C@@H](C)CN(CC(=O)N1CCc2sccc2[C@H]1COc1ccc(C)cc1C)S(=O)(=O)c1ccc(C)cc1. The maximum Gasteiger partial charge on any atom is 0.243 e. The third kappa shape index (κ3) is 6.30. The molecular formula is C30H38N2O4S2. The first-order chi connectivity index (χ1) is 18.1. The smallest absolute Gasteiger partial charge is 0.243 e. The number of carbonyl (C=O) groups excluding carboxylic acids is 1. The van der Waals surface area contributed by atoms with E-state index in [0.717, 1.165) is 35.3 Å². The van der Waals surface area contributed by atoms with E-state index in [2.05, 4.69) is 17.5 Å². The fourth-order valence-corrected chi connectivity index (χ4v) is 7.27. The van der Waals surface area contributed by atoms with Crippen molar-refractivity contribution in [3.8, 4) is 5.75 Å². The van der Waals surface area contributed by atoms with Crippen molar-refractivity contribution in [3.63, 3.8) is 0 Å². The zero-order valence-corrected chi connectivity index (χ0v) is 24.6. The normalized spacial score (nSPS) is 16.4. The van der Waals surface area contributed by atoms with Crippen LogP contribution < -0.4 is 4.74 Å². The number of hydrogen-bond acceptors (Lipinski definition) is 5. The van der Waals surface area contributed by atoms with Gasteiger partial charge < -0.3 is 9.64 Å². The standard InChI is InChI=1S/C30H38N2O4S2/c1-6-21(2)18-31(38(34,35)25-10-7-22(3)8-11-25)19-30(33)32-15-13-29-26(14-16-37-29)27(32)20-36-28-12-9-23(4)17-24(28)5/h7-12,14,16-17,21,27H,6,13,15,18-20H2,1-5H3/t21-,27-/m1/s1. The van der Waals surface area contributed by atoms with Gasteiger partial charge in [-0.2, -0.15) is 4.31 Å². The lowest BCUT2D eigenvalue weighted by molar-refractivity contribution is -0.135. The highest BCUT2D eigenvalue weighted by molar-refractivity contribution is 7.89. The van der Waals surface area contributed by atoms with Gasteiger partial charge in [-0.1, -0.05) is 55.7 Å². The zero-order valence-electron chi connectivity index (χ0n) is 22.9. The third-order valence-corrected chi connectivity index (χ3v) is 10.1. The predicted molar refractivity (Wildman–Crippen MR) is 153 cm³/mol. The molecule has 0 spiro atoms. The highest BCUT2D eigenvalue weighted by atomic mass is 32.2. The molecule has 0 aliphatic carbocycles. The molecule has 204 valence electrons. The minimum absolute atomic E-state index is 0.122. The Morgan fingerprint density at radius 3 is 2.50 bits per heavy atom. The molecule has 2 atom stereocenters. The maximum absolute atomic E-state index is 13.8. The van der Waals surface area contributed by atoms with Gasteiger partial charge in [-0.3, -0.25) is 4.79 Å². The van der Waals surface area contributed by atoms with E-state index in [0.29, 0.717) is 19.7 Å². The van der Waals surface area contributed by atoms with Crippen molar-refractivity contribution in [2.45, 2.75) is 58.4 Å². The Hall–Kier alpha value is -2.68. The molecule has 1 aromatic heterocycles. The topological polar surface area (TPSA) is 66.9 Å². The molecule has 1 aliphatic heterocycles. The number of ether oxygens (including phenoxy) is 1. The minimum Gasteiger partial charge on any atom is -0.491 e. The van der Waals surface area contributed by atoms with Gasteiger partial charge in [0.25, 0.3) is 0 Å². The highest BCUT2D eigenvalue weighted by Gasteiger charge is 2.35. The van der Waals surface area contributed by atoms with Crippen LogP contribution in [0, 0.1) is 26.7 Å². The lowest BCUT2D eigenvalue weighted by Gasteiger charge is -2.37. The highest BCUT2D eigenvalue weighted by Crippen LogP contribution is 2.34. The second-order valence-corrected chi connectivity index (χ2v) is 13.3. The number of fused-ring (bicyclic) bond motifs is 1. The predicted octanol–water partition coefficient (Wildman–Crippen LogP) is 5.92. The summed E-state index contributed by atoms with van der Waals surface area (Å²) in [6, 6.07) is 14.7. The fourth-order valence-electron chi connectivity index (χ4n) is 4.83. The molecule has 0 N–H and O–H groups in total. The van der Waals surface area contributed by atoms with Gasteiger partial charge in [0.1, 0.15) is 12.4 Å². The second kappa shape index (κ2) is 12.0. The molecule has 38 heavy (non-hydrogen) atoms. The lowest BCUT2D eigenvalue weighted by Crippen LogP contribution is -2.48. The van der Waals surface area contributed by atoms with Gasteiger partial charge in [0.05, 0.1) is 17.5 Å². The molecule has 1 amide bonds. The van der Waals surface area contributed by atoms with E-state index >= 15 is 0 Å². The van der Waals surface area contributed by atoms with Gasteiger partial charge in [-0.05, 0) is 73.9 Å². The summed E-state index contributed by atoms with van der Waals surface area (Å²) in [5, 5.41) is 2.06. The van der Waals surface area contributed by atoms with E-state index in [1.165, 1.54) is 14.7 Å². The largest absolute Gasteiger partial charge is 0.491 e. The maximum atomic E-state index is 13.8. The van der Waals surface area contributed by atoms with Crippen LogP contribution in [0.4, 0.5) is 0 Å². The van der Waals surface area contributed by atoms with Crippen molar-refractivity contribution < 1.29 is 17.9 Å². The molecule has 0 saturated heterocycles. The summed E-state index contributed by atoms with van der Waals surface area (Å²) < 4.78 is 34.9. The molecule has 0 fully saturated rings. The van der Waals surface area contributed by atoms with Crippen LogP contribution in [-0.2, 0) is 21.2 Å². The number of sulfonamides is 1. The minimum atomic E-state index is -3.83.